The van der Waals surface area contributed by atoms with Crippen molar-refractivity contribution < 1.29 is 28.8 Å². The number of benzene rings is 2. The lowest BCUT2D eigenvalue weighted by atomic mass is 10.1. The number of nitro benzene ring substituents is 1. The summed E-state index contributed by atoms with van der Waals surface area (Å²) in [5, 5.41) is 10.8. The summed E-state index contributed by atoms with van der Waals surface area (Å²) >= 11 is 0. The molecular weight excluding hydrogens is 408 g/mol. The molecule has 0 aliphatic carbocycles. The smallest absolute Gasteiger partial charge is 0.270 e. The number of rotatable bonds is 6. The van der Waals surface area contributed by atoms with E-state index in [1.54, 1.807) is 18.2 Å². The van der Waals surface area contributed by atoms with Crippen molar-refractivity contribution >= 4 is 29.1 Å². The van der Waals surface area contributed by atoms with E-state index in [0.717, 1.165) is 6.07 Å². The van der Waals surface area contributed by atoms with E-state index in [2.05, 4.69) is 10.9 Å². The molecule has 11 heteroatoms. The maximum Gasteiger partial charge on any atom is 0.270 e. The number of nitrogens with zero attached hydrogens (tertiary/aromatic N) is 2. The number of carbonyl (C=O) groups is 3. The van der Waals surface area contributed by atoms with Crippen LogP contribution in [0.4, 0.5) is 11.4 Å². The Labute approximate surface area is 177 Å². The summed E-state index contributed by atoms with van der Waals surface area (Å²) in [5.74, 6) is -1.29. The first-order valence-corrected chi connectivity index (χ1v) is 9.21. The number of nitrogens with one attached hydrogen (secondary N) is 2. The van der Waals surface area contributed by atoms with E-state index in [0.29, 0.717) is 17.2 Å². The SMILES string of the molecule is COc1ccc(OC)c(N2CC(C(=O)NNC(=O)c3cccc([N+](=O)[O-])c3)CC2=O)c1. The molecule has 2 N–H and O–H groups in total. The van der Waals surface area contributed by atoms with Crippen molar-refractivity contribution in [3.8, 4) is 11.5 Å². The molecule has 0 aromatic heterocycles. The van der Waals surface area contributed by atoms with Crippen molar-refractivity contribution in [1.29, 1.82) is 0 Å². The van der Waals surface area contributed by atoms with Crippen LogP contribution in [0.2, 0.25) is 0 Å². The molecule has 1 fully saturated rings. The number of amides is 3. The summed E-state index contributed by atoms with van der Waals surface area (Å²) < 4.78 is 10.5. The van der Waals surface area contributed by atoms with Gasteiger partial charge in [0.05, 0.1) is 30.7 Å². The quantitative estimate of drug-likeness (QED) is 0.524. The highest BCUT2D eigenvalue weighted by Gasteiger charge is 2.36. The first-order chi connectivity index (χ1) is 14.8. The monoisotopic (exact) mass is 428 g/mol. The van der Waals surface area contributed by atoms with Gasteiger partial charge in [-0.15, -0.1) is 0 Å². The molecule has 1 atom stereocenters. The van der Waals surface area contributed by atoms with Crippen LogP contribution in [0.3, 0.4) is 0 Å². The van der Waals surface area contributed by atoms with Crippen LogP contribution >= 0.6 is 0 Å². The van der Waals surface area contributed by atoms with E-state index in [9.17, 15) is 24.5 Å². The Hall–Kier alpha value is -4.15. The summed E-state index contributed by atoms with van der Waals surface area (Å²) in [5.41, 5.74) is 4.73. The molecule has 11 nitrogen and oxygen atoms in total. The minimum atomic E-state index is -0.715. The number of hydrogen-bond acceptors (Lipinski definition) is 7. The molecule has 1 aliphatic rings. The van der Waals surface area contributed by atoms with Crippen molar-refractivity contribution in [2.45, 2.75) is 6.42 Å². The lowest BCUT2D eigenvalue weighted by Gasteiger charge is -2.20. The zero-order valence-electron chi connectivity index (χ0n) is 16.8. The van der Waals surface area contributed by atoms with E-state index in [1.165, 1.54) is 37.3 Å². The van der Waals surface area contributed by atoms with Crippen LogP contribution in [0.5, 0.6) is 11.5 Å². The van der Waals surface area contributed by atoms with Crippen LogP contribution in [-0.2, 0) is 9.59 Å². The van der Waals surface area contributed by atoms with Gasteiger partial charge in [0.1, 0.15) is 11.5 Å². The molecule has 31 heavy (non-hydrogen) atoms. The fraction of sp³-hybridized carbons (Fsp3) is 0.250. The van der Waals surface area contributed by atoms with Gasteiger partial charge in [0, 0.05) is 36.7 Å². The fourth-order valence-electron chi connectivity index (χ4n) is 3.18. The normalized spacial score (nSPS) is 15.4. The van der Waals surface area contributed by atoms with Crippen LogP contribution in [0.15, 0.2) is 42.5 Å². The van der Waals surface area contributed by atoms with Crippen LogP contribution in [0.1, 0.15) is 16.8 Å². The molecular formula is C20H20N4O7. The van der Waals surface area contributed by atoms with E-state index in [-0.39, 0.29) is 30.1 Å². The Morgan fingerprint density at radius 1 is 1.13 bits per heavy atom. The molecule has 1 saturated heterocycles. The molecule has 0 radical (unpaired) electrons. The average molecular weight is 428 g/mol. The fourth-order valence-corrected chi connectivity index (χ4v) is 3.18. The van der Waals surface area contributed by atoms with Gasteiger partial charge in [0.25, 0.3) is 11.6 Å². The summed E-state index contributed by atoms with van der Waals surface area (Å²) in [6.07, 6.45) is -0.0567. The van der Waals surface area contributed by atoms with E-state index >= 15 is 0 Å². The number of nitro groups is 1. The molecule has 1 aliphatic heterocycles. The number of ether oxygens (including phenoxy) is 2. The number of carbonyl (C=O) groups excluding carboxylic acids is 3. The van der Waals surface area contributed by atoms with Crippen LogP contribution < -0.4 is 25.2 Å². The minimum Gasteiger partial charge on any atom is -0.497 e. The topological polar surface area (TPSA) is 140 Å². The van der Waals surface area contributed by atoms with E-state index < -0.39 is 22.7 Å². The molecule has 0 spiro atoms. The molecule has 2 aromatic rings. The highest BCUT2D eigenvalue weighted by Crippen LogP contribution is 2.36. The average Bonchev–Trinajstić information content (AvgIpc) is 3.18. The third kappa shape index (κ3) is 4.71. The predicted molar refractivity (Wildman–Crippen MR) is 109 cm³/mol. The van der Waals surface area contributed by atoms with Gasteiger partial charge in [-0.25, -0.2) is 0 Å². The third-order valence-corrected chi connectivity index (χ3v) is 4.79. The van der Waals surface area contributed by atoms with Gasteiger partial charge in [0.15, 0.2) is 0 Å². The molecule has 3 amide bonds. The number of hydrazine groups is 1. The van der Waals surface area contributed by atoms with Gasteiger partial charge in [-0.2, -0.15) is 0 Å². The maximum atomic E-state index is 12.5. The van der Waals surface area contributed by atoms with Crippen molar-refractivity contribution in [3.63, 3.8) is 0 Å². The maximum absolute atomic E-state index is 12.5. The summed E-state index contributed by atoms with van der Waals surface area (Å²) in [7, 11) is 2.97. The predicted octanol–water partition coefficient (Wildman–Crippen LogP) is 1.43. The van der Waals surface area contributed by atoms with Gasteiger partial charge < -0.3 is 14.4 Å². The van der Waals surface area contributed by atoms with Gasteiger partial charge in [-0.3, -0.25) is 35.3 Å². The van der Waals surface area contributed by atoms with Crippen molar-refractivity contribution in [2.75, 3.05) is 25.7 Å². The molecule has 2 aromatic carbocycles. The first kappa shape index (κ1) is 21.6. The van der Waals surface area contributed by atoms with Crippen molar-refractivity contribution in [1.82, 2.24) is 10.9 Å². The van der Waals surface area contributed by atoms with Gasteiger partial charge in [0.2, 0.25) is 11.8 Å². The molecule has 162 valence electrons. The third-order valence-electron chi connectivity index (χ3n) is 4.79. The second-order valence-electron chi connectivity index (χ2n) is 6.69. The second kappa shape index (κ2) is 9.11. The highest BCUT2D eigenvalue weighted by atomic mass is 16.6. The Morgan fingerprint density at radius 2 is 1.90 bits per heavy atom. The highest BCUT2D eigenvalue weighted by molar-refractivity contribution is 6.02. The molecule has 3 rings (SSSR count). The van der Waals surface area contributed by atoms with Gasteiger partial charge in [-0.05, 0) is 18.2 Å². The summed E-state index contributed by atoms with van der Waals surface area (Å²) in [4.78, 5) is 48.8. The van der Waals surface area contributed by atoms with Gasteiger partial charge in [-0.1, -0.05) is 6.07 Å². The number of methoxy groups -OCH3 is 2. The largest absolute Gasteiger partial charge is 0.497 e. The van der Waals surface area contributed by atoms with Crippen LogP contribution in [-0.4, -0.2) is 43.4 Å². The molecule has 0 bridgehead atoms. The summed E-state index contributed by atoms with van der Waals surface area (Å²) in [6.45, 7) is 0.0842. The van der Waals surface area contributed by atoms with Crippen molar-refractivity contribution in [2.24, 2.45) is 5.92 Å². The Bertz CT molecular complexity index is 1040. The molecule has 1 heterocycles. The van der Waals surface area contributed by atoms with Crippen molar-refractivity contribution in [3.05, 3.63) is 58.1 Å². The summed E-state index contributed by atoms with van der Waals surface area (Å²) in [6, 6.07) is 10.1. The minimum absolute atomic E-state index is 0.0136. The van der Waals surface area contributed by atoms with Crippen LogP contribution in [0, 0.1) is 16.0 Å². The number of anilines is 1. The lowest BCUT2D eigenvalue weighted by molar-refractivity contribution is -0.384. The Morgan fingerprint density at radius 3 is 2.58 bits per heavy atom. The lowest BCUT2D eigenvalue weighted by Crippen LogP contribution is -2.45. The molecule has 1 unspecified atom stereocenters. The second-order valence-corrected chi connectivity index (χ2v) is 6.69. The zero-order chi connectivity index (χ0) is 22.5. The number of hydrogen-bond donors (Lipinski definition) is 2. The zero-order valence-corrected chi connectivity index (χ0v) is 16.8. The molecule has 0 saturated carbocycles. The number of non-ortho nitro benzene ring substituents is 1. The standard InChI is InChI=1S/C20H20N4O7/c1-30-15-6-7-17(31-2)16(10-15)23-11-13(9-18(23)25)20(27)22-21-19(26)12-4-3-5-14(8-12)24(28)29/h3-8,10,13H,9,11H2,1-2H3,(H,21,26)(H,22,27). The Balaban J connectivity index is 1.65. The van der Waals surface area contributed by atoms with E-state index in [1.807, 2.05) is 0 Å². The van der Waals surface area contributed by atoms with Gasteiger partial charge >= 0.3 is 0 Å². The Kier molecular flexibility index (Phi) is 6.34. The van der Waals surface area contributed by atoms with E-state index in [4.69, 9.17) is 9.47 Å². The van der Waals surface area contributed by atoms with Crippen LogP contribution in [0.25, 0.3) is 0 Å². The first-order valence-electron chi connectivity index (χ1n) is 9.21.